The van der Waals surface area contributed by atoms with Gasteiger partial charge in [0.1, 0.15) is 10.4 Å². The molecule has 0 aliphatic heterocycles. The summed E-state index contributed by atoms with van der Waals surface area (Å²) in [5, 5.41) is 1.29. The summed E-state index contributed by atoms with van der Waals surface area (Å²) in [7, 11) is 4.14. The van der Waals surface area contributed by atoms with Gasteiger partial charge < -0.3 is 9.64 Å². The molecule has 4 aromatic rings. The zero-order valence-electron chi connectivity index (χ0n) is 18.9. The number of aromatic nitrogens is 1. The molecule has 0 amide bonds. The lowest BCUT2D eigenvalue weighted by Crippen LogP contribution is -2.35. The lowest BCUT2D eigenvalue weighted by atomic mass is 10.2. The Morgan fingerprint density at radius 1 is 0.812 bits per heavy atom. The second kappa shape index (κ2) is 11.0. The zero-order chi connectivity index (χ0) is 22.2. The van der Waals surface area contributed by atoms with Gasteiger partial charge in [-0.05, 0) is 54.8 Å². The first-order chi connectivity index (χ1) is 15.7. The Hall–Kier alpha value is -3.11. The molecule has 0 bridgehead atoms. The van der Waals surface area contributed by atoms with Gasteiger partial charge >= 0.3 is 0 Å². The molecule has 3 nitrogen and oxygen atoms in total. The highest BCUT2D eigenvalue weighted by atomic mass is 32.1. The summed E-state index contributed by atoms with van der Waals surface area (Å²) in [6.45, 7) is 1.79. The number of unbranched alkanes of at least 4 members (excludes halogenated alkanes) is 2. The van der Waals surface area contributed by atoms with Crippen LogP contribution in [-0.4, -0.2) is 20.7 Å². The largest absolute Gasteiger partial charge is 0.494 e. The van der Waals surface area contributed by atoms with Gasteiger partial charge in [0.2, 0.25) is 5.52 Å². The summed E-state index contributed by atoms with van der Waals surface area (Å²) in [5.41, 5.74) is 3.76. The summed E-state index contributed by atoms with van der Waals surface area (Å²) >= 11 is 1.86. The molecule has 0 spiro atoms. The SMILES string of the molecule is CN(C)c1ccc(/C=C/c2sc3ccccc3[n+]2CCCCCOc2ccccc2)cc1. The van der Waals surface area contributed by atoms with E-state index in [9.17, 15) is 0 Å². The maximum atomic E-state index is 5.83. The van der Waals surface area contributed by atoms with Crippen molar-refractivity contribution in [2.75, 3.05) is 25.6 Å². The van der Waals surface area contributed by atoms with E-state index in [0.29, 0.717) is 0 Å². The van der Waals surface area contributed by atoms with E-state index in [0.717, 1.165) is 38.2 Å². The summed E-state index contributed by atoms with van der Waals surface area (Å²) in [4.78, 5) is 2.12. The molecule has 0 aliphatic rings. The van der Waals surface area contributed by atoms with Crippen molar-refractivity contribution in [1.82, 2.24) is 0 Å². The predicted octanol–water partition coefficient (Wildman–Crippen LogP) is 6.67. The average Bonchev–Trinajstić information content (AvgIpc) is 3.18. The number of nitrogens with zero attached hydrogens (tertiary/aromatic N) is 2. The first kappa shape index (κ1) is 22.1. The molecule has 0 saturated heterocycles. The van der Waals surface area contributed by atoms with E-state index in [1.54, 1.807) is 0 Å². The molecule has 0 aliphatic carbocycles. The Kier molecular flexibility index (Phi) is 7.57. The van der Waals surface area contributed by atoms with Crippen LogP contribution in [0.1, 0.15) is 29.8 Å². The molecule has 0 radical (unpaired) electrons. The standard InChI is InChI=1S/C28H31N2OS/c1-29(2)24-18-15-23(16-19-24)17-20-28-30(26-13-7-8-14-27(26)32-28)21-9-4-10-22-31-25-11-5-3-6-12-25/h3,5-8,11-20H,4,9-10,21-22H2,1-2H3/q+1. The molecule has 4 rings (SSSR count). The Balaban J connectivity index is 1.38. The Bertz CT molecular complexity index is 1150. The van der Waals surface area contributed by atoms with Crippen LogP contribution in [0.3, 0.4) is 0 Å². The lowest BCUT2D eigenvalue weighted by molar-refractivity contribution is -0.669. The van der Waals surface area contributed by atoms with Crippen molar-refractivity contribution in [2.45, 2.75) is 25.8 Å². The molecular weight excluding hydrogens is 412 g/mol. The van der Waals surface area contributed by atoms with Crippen molar-refractivity contribution in [1.29, 1.82) is 0 Å². The normalized spacial score (nSPS) is 11.3. The molecule has 164 valence electrons. The number of ether oxygens (including phenoxy) is 1. The highest BCUT2D eigenvalue weighted by Gasteiger charge is 2.17. The second-order valence-corrected chi connectivity index (χ2v) is 9.16. The third kappa shape index (κ3) is 5.77. The predicted molar refractivity (Wildman–Crippen MR) is 138 cm³/mol. The van der Waals surface area contributed by atoms with Gasteiger partial charge in [0.25, 0.3) is 5.01 Å². The number of hydrogen-bond acceptors (Lipinski definition) is 3. The van der Waals surface area contributed by atoms with Gasteiger partial charge in [-0.2, -0.15) is 4.57 Å². The van der Waals surface area contributed by atoms with E-state index in [4.69, 9.17) is 4.74 Å². The second-order valence-electron chi connectivity index (χ2n) is 8.10. The topological polar surface area (TPSA) is 16.4 Å². The third-order valence-corrected chi connectivity index (χ3v) is 6.63. The van der Waals surface area contributed by atoms with Crippen LogP contribution >= 0.6 is 11.3 Å². The van der Waals surface area contributed by atoms with Crippen molar-refractivity contribution in [3.8, 4) is 5.75 Å². The van der Waals surface area contributed by atoms with Gasteiger partial charge in [-0.1, -0.05) is 53.8 Å². The average molecular weight is 444 g/mol. The molecule has 0 saturated carbocycles. The number of rotatable bonds is 10. The van der Waals surface area contributed by atoms with E-state index in [-0.39, 0.29) is 0 Å². The molecular formula is C28H31N2OS+. The van der Waals surface area contributed by atoms with Crippen molar-refractivity contribution < 1.29 is 9.30 Å². The highest BCUT2D eigenvalue weighted by Crippen LogP contribution is 2.23. The van der Waals surface area contributed by atoms with Crippen molar-refractivity contribution in [3.63, 3.8) is 0 Å². The summed E-state index contributed by atoms with van der Waals surface area (Å²) in [6, 6.07) is 27.4. The van der Waals surface area contributed by atoms with E-state index in [1.165, 1.54) is 26.5 Å². The van der Waals surface area contributed by atoms with Gasteiger partial charge in [0.05, 0.1) is 6.61 Å². The van der Waals surface area contributed by atoms with E-state index < -0.39 is 0 Å². The molecule has 3 aromatic carbocycles. The van der Waals surface area contributed by atoms with Crippen LogP contribution in [-0.2, 0) is 6.54 Å². The van der Waals surface area contributed by atoms with Crippen LogP contribution in [0.5, 0.6) is 5.75 Å². The van der Waals surface area contributed by atoms with Crippen molar-refractivity contribution in [2.24, 2.45) is 0 Å². The maximum Gasteiger partial charge on any atom is 0.262 e. The van der Waals surface area contributed by atoms with Gasteiger partial charge in [-0.15, -0.1) is 0 Å². The smallest absolute Gasteiger partial charge is 0.262 e. The van der Waals surface area contributed by atoms with E-state index >= 15 is 0 Å². The molecule has 32 heavy (non-hydrogen) atoms. The molecule has 0 atom stereocenters. The van der Waals surface area contributed by atoms with Crippen LogP contribution in [0.2, 0.25) is 0 Å². The number of benzene rings is 3. The Morgan fingerprint density at radius 2 is 1.56 bits per heavy atom. The van der Waals surface area contributed by atoms with Gasteiger partial charge in [0.15, 0.2) is 6.54 Å². The number of hydrogen-bond donors (Lipinski definition) is 0. The van der Waals surface area contributed by atoms with Crippen LogP contribution in [0.15, 0.2) is 78.9 Å². The van der Waals surface area contributed by atoms with Crippen LogP contribution in [0.25, 0.3) is 22.4 Å². The first-order valence-electron chi connectivity index (χ1n) is 11.3. The summed E-state index contributed by atoms with van der Waals surface area (Å²) < 4.78 is 9.63. The van der Waals surface area contributed by atoms with Gasteiger partial charge in [-0.3, -0.25) is 0 Å². The Morgan fingerprint density at radius 3 is 2.34 bits per heavy atom. The number of aryl methyl sites for hydroxylation is 1. The summed E-state index contributed by atoms with van der Waals surface area (Å²) in [5.74, 6) is 0.955. The van der Waals surface area contributed by atoms with Crippen molar-refractivity contribution in [3.05, 3.63) is 89.4 Å². The van der Waals surface area contributed by atoms with Crippen LogP contribution in [0, 0.1) is 0 Å². The quantitative estimate of drug-likeness (QED) is 0.201. The zero-order valence-corrected chi connectivity index (χ0v) is 19.7. The molecule has 1 aromatic heterocycles. The summed E-state index contributed by atoms with van der Waals surface area (Å²) in [6.07, 6.45) is 7.84. The van der Waals surface area contributed by atoms with E-state index in [2.05, 4.69) is 84.2 Å². The number of anilines is 1. The molecule has 0 N–H and O–H groups in total. The highest BCUT2D eigenvalue weighted by molar-refractivity contribution is 7.18. The lowest BCUT2D eigenvalue weighted by Gasteiger charge is -2.11. The molecule has 0 fully saturated rings. The fraction of sp³-hybridized carbons (Fsp3) is 0.250. The molecule has 1 heterocycles. The minimum absolute atomic E-state index is 0.773. The number of thiazole rings is 1. The van der Waals surface area contributed by atoms with E-state index in [1.807, 2.05) is 41.7 Å². The number of fused-ring (bicyclic) bond motifs is 1. The minimum Gasteiger partial charge on any atom is -0.494 e. The third-order valence-electron chi connectivity index (χ3n) is 5.50. The minimum atomic E-state index is 0.773. The monoisotopic (exact) mass is 443 g/mol. The Labute approximate surface area is 195 Å². The fourth-order valence-corrected chi connectivity index (χ4v) is 4.80. The van der Waals surface area contributed by atoms with Crippen LogP contribution < -0.4 is 14.2 Å². The first-order valence-corrected chi connectivity index (χ1v) is 12.1. The van der Waals surface area contributed by atoms with Gasteiger partial charge in [-0.25, -0.2) is 0 Å². The fourth-order valence-electron chi connectivity index (χ4n) is 3.71. The maximum absolute atomic E-state index is 5.83. The molecule has 4 heteroatoms. The van der Waals surface area contributed by atoms with Crippen molar-refractivity contribution >= 4 is 39.4 Å². The van der Waals surface area contributed by atoms with Crippen LogP contribution in [0.4, 0.5) is 5.69 Å². The van der Waals surface area contributed by atoms with Gasteiger partial charge in [0, 0.05) is 38.3 Å². The molecule has 0 unspecified atom stereocenters. The number of para-hydroxylation sites is 2.